The lowest BCUT2D eigenvalue weighted by Crippen LogP contribution is -2.11. The van der Waals surface area contributed by atoms with Crippen molar-refractivity contribution >= 4 is 32.7 Å². The molecule has 0 radical (unpaired) electrons. The molecule has 0 aliphatic heterocycles. The molecule has 3 aromatic rings. The number of H-pyrrole nitrogens is 1. The third-order valence-corrected chi connectivity index (χ3v) is 3.51. The first-order chi connectivity index (χ1) is 9.61. The van der Waals surface area contributed by atoms with E-state index in [0.29, 0.717) is 21.0 Å². The van der Waals surface area contributed by atoms with E-state index in [1.807, 2.05) is 0 Å². The van der Waals surface area contributed by atoms with Crippen LogP contribution in [0.25, 0.3) is 10.3 Å². The minimum atomic E-state index is -0.404. The van der Waals surface area contributed by atoms with E-state index in [4.69, 9.17) is 0 Å². The smallest absolute Gasteiger partial charge is 0.257 e. The van der Waals surface area contributed by atoms with Crippen LogP contribution in [0, 0.1) is 5.82 Å². The van der Waals surface area contributed by atoms with Crippen LogP contribution in [-0.2, 0) is 0 Å². The number of benzene rings is 1. The van der Waals surface area contributed by atoms with E-state index >= 15 is 0 Å². The second-order valence-electron chi connectivity index (χ2n) is 4.02. The number of hydrogen-bond donors (Lipinski definition) is 2. The van der Waals surface area contributed by atoms with Crippen LogP contribution in [0.5, 0.6) is 0 Å². The molecule has 0 spiro atoms. The lowest BCUT2D eigenvalue weighted by atomic mass is 10.2. The Morgan fingerprint density at radius 2 is 1.95 bits per heavy atom. The highest BCUT2D eigenvalue weighted by atomic mass is 32.1. The molecular formula is C13H8FN3O2S. The molecule has 5 nitrogen and oxygen atoms in total. The first-order valence-electron chi connectivity index (χ1n) is 5.68. The number of aromatic nitrogens is 2. The number of thiazole rings is 1. The summed E-state index contributed by atoms with van der Waals surface area (Å²) in [5.41, 5.74) is 0.709. The normalized spacial score (nSPS) is 10.7. The van der Waals surface area contributed by atoms with Crippen molar-refractivity contribution in [2.75, 3.05) is 5.32 Å². The van der Waals surface area contributed by atoms with Gasteiger partial charge in [-0.1, -0.05) is 11.3 Å². The predicted molar refractivity (Wildman–Crippen MR) is 74.6 cm³/mol. The number of halogens is 1. The van der Waals surface area contributed by atoms with Gasteiger partial charge in [-0.05, 0) is 30.3 Å². The van der Waals surface area contributed by atoms with Crippen LogP contribution in [0.1, 0.15) is 10.4 Å². The summed E-state index contributed by atoms with van der Waals surface area (Å²) in [5, 5.41) is 2.98. The van der Waals surface area contributed by atoms with Gasteiger partial charge in [-0.2, -0.15) is 0 Å². The highest BCUT2D eigenvalue weighted by Gasteiger charge is 2.10. The zero-order valence-corrected chi connectivity index (χ0v) is 10.8. The molecule has 20 heavy (non-hydrogen) atoms. The molecule has 0 saturated carbocycles. The Hall–Kier alpha value is -2.54. The molecule has 100 valence electrons. The van der Waals surface area contributed by atoms with Crippen LogP contribution in [0.4, 0.5) is 9.52 Å². The number of nitrogens with one attached hydrogen (secondary N) is 2. The highest BCUT2D eigenvalue weighted by Crippen LogP contribution is 2.23. The zero-order valence-electron chi connectivity index (χ0n) is 10.0. The number of hydrogen-bond acceptors (Lipinski definition) is 4. The van der Waals surface area contributed by atoms with Crippen molar-refractivity contribution in [3.63, 3.8) is 0 Å². The minimum absolute atomic E-state index is 0.224. The van der Waals surface area contributed by atoms with Gasteiger partial charge in [0.2, 0.25) is 5.56 Å². The quantitative estimate of drug-likeness (QED) is 0.760. The SMILES string of the molecule is O=C(Nc1nc2ccc(=O)[nH]c2s1)c1ccc(F)cc1. The van der Waals surface area contributed by atoms with Crippen molar-refractivity contribution in [3.05, 3.63) is 58.1 Å². The minimum Gasteiger partial charge on any atom is -0.312 e. The van der Waals surface area contributed by atoms with E-state index in [9.17, 15) is 14.0 Å². The van der Waals surface area contributed by atoms with Crippen LogP contribution in [0.15, 0.2) is 41.2 Å². The fourth-order valence-electron chi connectivity index (χ4n) is 1.67. The number of fused-ring (bicyclic) bond motifs is 1. The van der Waals surface area contributed by atoms with Crippen LogP contribution in [0.2, 0.25) is 0 Å². The molecule has 0 aliphatic rings. The third-order valence-electron chi connectivity index (χ3n) is 2.61. The lowest BCUT2D eigenvalue weighted by molar-refractivity contribution is 0.102. The summed E-state index contributed by atoms with van der Waals surface area (Å²) in [5.74, 6) is -0.787. The van der Waals surface area contributed by atoms with E-state index < -0.39 is 5.82 Å². The van der Waals surface area contributed by atoms with Gasteiger partial charge < -0.3 is 4.98 Å². The molecule has 0 aliphatic carbocycles. The molecule has 3 rings (SSSR count). The Kier molecular flexibility index (Phi) is 3.03. The number of carbonyl (C=O) groups is 1. The molecule has 1 aromatic carbocycles. The predicted octanol–water partition coefficient (Wildman–Crippen LogP) is 2.38. The molecule has 0 unspecified atom stereocenters. The monoisotopic (exact) mass is 289 g/mol. The average Bonchev–Trinajstić information content (AvgIpc) is 2.80. The Labute approximate surface area is 116 Å². The van der Waals surface area contributed by atoms with Crippen molar-refractivity contribution in [2.45, 2.75) is 0 Å². The van der Waals surface area contributed by atoms with Gasteiger partial charge in [0.15, 0.2) is 5.13 Å². The van der Waals surface area contributed by atoms with E-state index in [1.54, 1.807) is 6.07 Å². The summed E-state index contributed by atoms with van der Waals surface area (Å²) in [6.45, 7) is 0. The van der Waals surface area contributed by atoms with E-state index in [-0.39, 0.29) is 11.5 Å². The van der Waals surface area contributed by atoms with Gasteiger partial charge in [0, 0.05) is 11.6 Å². The Bertz CT molecular complexity index is 839. The summed E-state index contributed by atoms with van der Waals surface area (Å²) in [6, 6.07) is 8.15. The van der Waals surface area contributed by atoms with Crippen molar-refractivity contribution in [2.24, 2.45) is 0 Å². The highest BCUT2D eigenvalue weighted by molar-refractivity contribution is 7.21. The molecule has 0 atom stereocenters. The number of pyridine rings is 1. The number of nitrogens with zero attached hydrogens (tertiary/aromatic N) is 1. The molecule has 7 heteroatoms. The van der Waals surface area contributed by atoms with Crippen molar-refractivity contribution in [3.8, 4) is 0 Å². The molecule has 0 bridgehead atoms. The maximum atomic E-state index is 12.8. The summed E-state index contributed by atoms with van der Waals surface area (Å²) in [7, 11) is 0. The summed E-state index contributed by atoms with van der Waals surface area (Å²) in [4.78, 5) is 30.5. The largest absolute Gasteiger partial charge is 0.312 e. The Morgan fingerprint density at radius 3 is 2.70 bits per heavy atom. The molecule has 1 amide bonds. The third kappa shape index (κ3) is 2.43. The van der Waals surface area contributed by atoms with Gasteiger partial charge in [-0.3, -0.25) is 14.9 Å². The maximum Gasteiger partial charge on any atom is 0.257 e. The van der Waals surface area contributed by atoms with Crippen LogP contribution < -0.4 is 10.9 Å². The molecule has 2 aromatic heterocycles. The Balaban J connectivity index is 1.87. The molecular weight excluding hydrogens is 281 g/mol. The molecule has 0 saturated heterocycles. The van der Waals surface area contributed by atoms with E-state index in [0.717, 1.165) is 11.3 Å². The van der Waals surface area contributed by atoms with Gasteiger partial charge in [-0.15, -0.1) is 0 Å². The van der Waals surface area contributed by atoms with E-state index in [1.165, 1.54) is 30.3 Å². The van der Waals surface area contributed by atoms with Crippen LogP contribution in [-0.4, -0.2) is 15.9 Å². The van der Waals surface area contributed by atoms with Crippen LogP contribution >= 0.6 is 11.3 Å². The van der Waals surface area contributed by atoms with Crippen molar-refractivity contribution < 1.29 is 9.18 Å². The second kappa shape index (κ2) is 4.86. The van der Waals surface area contributed by atoms with Gasteiger partial charge in [0.1, 0.15) is 16.2 Å². The standard InChI is InChI=1S/C13H8FN3O2S/c14-8-3-1-7(2-4-8)11(19)17-13-15-9-5-6-10(18)16-12(9)20-13/h1-6H,(H,16,18)(H,15,17,19). The first kappa shape index (κ1) is 12.5. The average molecular weight is 289 g/mol. The number of carbonyl (C=O) groups excluding carboxylic acids is 1. The lowest BCUT2D eigenvalue weighted by Gasteiger charge is -2.00. The van der Waals surface area contributed by atoms with Gasteiger partial charge in [-0.25, -0.2) is 9.37 Å². The fourth-order valence-corrected chi connectivity index (χ4v) is 2.52. The number of amides is 1. The summed E-state index contributed by atoms with van der Waals surface area (Å²) >= 11 is 1.16. The van der Waals surface area contributed by atoms with Gasteiger partial charge >= 0.3 is 0 Å². The molecule has 2 heterocycles. The number of aromatic amines is 1. The topological polar surface area (TPSA) is 74.8 Å². The fraction of sp³-hybridized carbons (Fsp3) is 0. The zero-order chi connectivity index (χ0) is 14.1. The number of anilines is 1. The summed E-state index contributed by atoms with van der Waals surface area (Å²) in [6.07, 6.45) is 0. The molecule has 0 fully saturated rings. The second-order valence-corrected chi connectivity index (χ2v) is 5.02. The Morgan fingerprint density at radius 1 is 1.20 bits per heavy atom. The van der Waals surface area contributed by atoms with Gasteiger partial charge in [0.25, 0.3) is 5.91 Å². The first-order valence-corrected chi connectivity index (χ1v) is 6.50. The maximum absolute atomic E-state index is 12.8. The number of rotatable bonds is 2. The molecule has 2 N–H and O–H groups in total. The van der Waals surface area contributed by atoms with Crippen LogP contribution in [0.3, 0.4) is 0 Å². The summed E-state index contributed by atoms with van der Waals surface area (Å²) < 4.78 is 12.8. The van der Waals surface area contributed by atoms with Crippen molar-refractivity contribution in [1.29, 1.82) is 0 Å². The van der Waals surface area contributed by atoms with Gasteiger partial charge in [0.05, 0.1) is 0 Å². The van der Waals surface area contributed by atoms with Crippen molar-refractivity contribution in [1.82, 2.24) is 9.97 Å². The van der Waals surface area contributed by atoms with E-state index in [2.05, 4.69) is 15.3 Å².